The summed E-state index contributed by atoms with van der Waals surface area (Å²) in [6.45, 7) is 3.82. The van der Waals surface area contributed by atoms with E-state index in [2.05, 4.69) is 0 Å². The molecule has 0 amide bonds. The van der Waals surface area contributed by atoms with Gasteiger partial charge in [-0.25, -0.2) is 4.79 Å². The molecule has 1 atom stereocenters. The van der Waals surface area contributed by atoms with Crippen LogP contribution < -0.4 is 0 Å². The zero-order chi connectivity index (χ0) is 15.0. The first kappa shape index (κ1) is 16.0. The van der Waals surface area contributed by atoms with Gasteiger partial charge in [0.05, 0.1) is 19.6 Å². The SMILES string of the molecule is CCOC(=O)C(C)C/C(=C\c1ccccc1)C(=O)OC. The minimum atomic E-state index is -0.426. The maximum absolute atomic E-state index is 11.8. The number of carbonyl (C=O) groups is 2. The van der Waals surface area contributed by atoms with E-state index in [0.717, 1.165) is 5.56 Å². The van der Waals surface area contributed by atoms with Crippen molar-refractivity contribution in [2.24, 2.45) is 5.92 Å². The second-order valence-corrected chi connectivity index (χ2v) is 4.43. The summed E-state index contributed by atoms with van der Waals surface area (Å²) in [5.41, 5.74) is 1.35. The summed E-state index contributed by atoms with van der Waals surface area (Å²) < 4.78 is 9.72. The van der Waals surface area contributed by atoms with Gasteiger partial charge in [0, 0.05) is 5.57 Å². The molecule has 0 N–H and O–H groups in total. The second-order valence-electron chi connectivity index (χ2n) is 4.43. The highest BCUT2D eigenvalue weighted by Crippen LogP contribution is 2.18. The maximum Gasteiger partial charge on any atom is 0.333 e. The van der Waals surface area contributed by atoms with Gasteiger partial charge in [0.1, 0.15) is 0 Å². The number of ether oxygens (including phenoxy) is 2. The van der Waals surface area contributed by atoms with E-state index in [0.29, 0.717) is 18.6 Å². The van der Waals surface area contributed by atoms with Crippen LogP contribution in [-0.2, 0) is 19.1 Å². The molecule has 108 valence electrons. The van der Waals surface area contributed by atoms with Crippen LogP contribution in [0.5, 0.6) is 0 Å². The lowest BCUT2D eigenvalue weighted by Crippen LogP contribution is -2.18. The normalized spacial score (nSPS) is 12.7. The Bertz CT molecular complexity index is 477. The van der Waals surface area contributed by atoms with Gasteiger partial charge in [0.25, 0.3) is 0 Å². The Hall–Kier alpha value is -2.10. The van der Waals surface area contributed by atoms with Gasteiger partial charge in [0.15, 0.2) is 0 Å². The van der Waals surface area contributed by atoms with Gasteiger partial charge in [-0.1, -0.05) is 37.3 Å². The molecule has 0 aromatic heterocycles. The van der Waals surface area contributed by atoms with Gasteiger partial charge >= 0.3 is 11.9 Å². The van der Waals surface area contributed by atoms with E-state index in [9.17, 15) is 9.59 Å². The Morgan fingerprint density at radius 1 is 1.25 bits per heavy atom. The Labute approximate surface area is 119 Å². The summed E-state index contributed by atoms with van der Waals surface area (Å²) in [5.74, 6) is -1.12. The highest BCUT2D eigenvalue weighted by Gasteiger charge is 2.20. The van der Waals surface area contributed by atoms with E-state index in [1.807, 2.05) is 30.3 Å². The monoisotopic (exact) mass is 276 g/mol. The molecule has 1 rings (SSSR count). The second kappa shape index (κ2) is 8.15. The molecule has 0 radical (unpaired) electrons. The molecular weight excluding hydrogens is 256 g/mol. The number of carbonyl (C=O) groups excluding carboxylic acids is 2. The van der Waals surface area contributed by atoms with Crippen molar-refractivity contribution in [2.45, 2.75) is 20.3 Å². The Morgan fingerprint density at radius 2 is 1.90 bits per heavy atom. The van der Waals surface area contributed by atoms with Crippen LogP contribution in [-0.4, -0.2) is 25.7 Å². The average Bonchev–Trinajstić information content (AvgIpc) is 2.47. The van der Waals surface area contributed by atoms with Crippen LogP contribution in [0.3, 0.4) is 0 Å². The summed E-state index contributed by atoms with van der Waals surface area (Å²) in [5, 5.41) is 0. The molecule has 0 spiro atoms. The van der Waals surface area contributed by atoms with Gasteiger partial charge < -0.3 is 9.47 Å². The van der Waals surface area contributed by atoms with Crippen LogP contribution >= 0.6 is 0 Å². The van der Waals surface area contributed by atoms with E-state index in [-0.39, 0.29) is 11.9 Å². The lowest BCUT2D eigenvalue weighted by molar-refractivity contribution is -0.147. The van der Waals surface area contributed by atoms with Crippen LogP contribution in [0.4, 0.5) is 0 Å². The van der Waals surface area contributed by atoms with Crippen molar-refractivity contribution in [3.8, 4) is 0 Å². The van der Waals surface area contributed by atoms with Crippen molar-refractivity contribution in [3.63, 3.8) is 0 Å². The van der Waals surface area contributed by atoms with Crippen LogP contribution in [0.15, 0.2) is 35.9 Å². The summed E-state index contributed by atoms with van der Waals surface area (Å²) in [6.07, 6.45) is 2.03. The zero-order valence-corrected chi connectivity index (χ0v) is 12.1. The molecule has 4 heteroatoms. The minimum Gasteiger partial charge on any atom is -0.466 e. The number of methoxy groups -OCH3 is 1. The molecule has 4 nitrogen and oxygen atoms in total. The van der Waals surface area contributed by atoms with Gasteiger partial charge in [-0.2, -0.15) is 0 Å². The summed E-state index contributed by atoms with van der Waals surface area (Å²) in [6, 6.07) is 9.44. The fraction of sp³-hybridized carbons (Fsp3) is 0.375. The number of hydrogen-bond acceptors (Lipinski definition) is 4. The van der Waals surface area contributed by atoms with Gasteiger partial charge in [-0.05, 0) is 25.0 Å². The fourth-order valence-electron chi connectivity index (χ4n) is 1.78. The molecule has 1 aromatic carbocycles. The first-order valence-electron chi connectivity index (χ1n) is 6.59. The highest BCUT2D eigenvalue weighted by atomic mass is 16.5. The predicted molar refractivity (Wildman–Crippen MR) is 76.8 cm³/mol. The average molecular weight is 276 g/mol. The van der Waals surface area contributed by atoms with E-state index < -0.39 is 5.97 Å². The molecule has 1 unspecified atom stereocenters. The third kappa shape index (κ3) is 4.88. The molecule has 0 bridgehead atoms. The molecule has 0 aliphatic rings. The quantitative estimate of drug-likeness (QED) is 0.592. The van der Waals surface area contributed by atoms with Crippen molar-refractivity contribution in [3.05, 3.63) is 41.5 Å². The summed E-state index contributed by atoms with van der Waals surface area (Å²) in [7, 11) is 1.33. The third-order valence-electron chi connectivity index (χ3n) is 2.80. The summed E-state index contributed by atoms with van der Waals surface area (Å²) in [4.78, 5) is 23.4. The van der Waals surface area contributed by atoms with Crippen LogP contribution in [0.2, 0.25) is 0 Å². The molecule has 0 aliphatic carbocycles. The van der Waals surface area contributed by atoms with E-state index in [1.54, 1.807) is 19.9 Å². The largest absolute Gasteiger partial charge is 0.466 e. The predicted octanol–water partition coefficient (Wildman–Crippen LogP) is 2.83. The molecule has 0 heterocycles. The highest BCUT2D eigenvalue weighted by molar-refractivity contribution is 5.94. The Kier molecular flexibility index (Phi) is 6.50. The fourth-order valence-corrected chi connectivity index (χ4v) is 1.78. The van der Waals surface area contributed by atoms with Crippen LogP contribution in [0, 0.1) is 5.92 Å². The lowest BCUT2D eigenvalue weighted by atomic mass is 9.99. The van der Waals surface area contributed by atoms with Crippen molar-refractivity contribution in [1.82, 2.24) is 0 Å². The van der Waals surface area contributed by atoms with E-state index in [4.69, 9.17) is 9.47 Å². The number of rotatable bonds is 6. The van der Waals surface area contributed by atoms with Crippen molar-refractivity contribution in [2.75, 3.05) is 13.7 Å². The van der Waals surface area contributed by atoms with Crippen molar-refractivity contribution in [1.29, 1.82) is 0 Å². The molecule has 20 heavy (non-hydrogen) atoms. The van der Waals surface area contributed by atoms with Gasteiger partial charge in [0.2, 0.25) is 0 Å². The Balaban J connectivity index is 2.88. The number of benzene rings is 1. The van der Waals surface area contributed by atoms with Gasteiger partial charge in [-0.3, -0.25) is 4.79 Å². The first-order chi connectivity index (χ1) is 9.58. The third-order valence-corrected chi connectivity index (χ3v) is 2.80. The van der Waals surface area contributed by atoms with Crippen LogP contribution in [0.1, 0.15) is 25.8 Å². The van der Waals surface area contributed by atoms with Crippen LogP contribution in [0.25, 0.3) is 6.08 Å². The minimum absolute atomic E-state index is 0.292. The smallest absolute Gasteiger partial charge is 0.333 e. The maximum atomic E-state index is 11.8. The molecule has 1 aromatic rings. The number of esters is 2. The molecule has 0 saturated carbocycles. The topological polar surface area (TPSA) is 52.6 Å². The molecule has 0 fully saturated rings. The van der Waals surface area contributed by atoms with Crippen molar-refractivity contribution >= 4 is 18.0 Å². The van der Waals surface area contributed by atoms with Crippen molar-refractivity contribution < 1.29 is 19.1 Å². The first-order valence-corrected chi connectivity index (χ1v) is 6.59. The Morgan fingerprint density at radius 3 is 2.45 bits per heavy atom. The van der Waals surface area contributed by atoms with E-state index in [1.165, 1.54) is 7.11 Å². The van der Waals surface area contributed by atoms with E-state index >= 15 is 0 Å². The lowest BCUT2D eigenvalue weighted by Gasteiger charge is -2.12. The molecular formula is C16H20O4. The molecule has 0 saturated heterocycles. The van der Waals surface area contributed by atoms with Gasteiger partial charge in [-0.15, -0.1) is 0 Å². The summed E-state index contributed by atoms with van der Waals surface area (Å²) >= 11 is 0. The number of hydrogen-bond donors (Lipinski definition) is 0. The standard InChI is InChI=1S/C16H20O4/c1-4-20-15(17)12(2)10-14(16(18)19-3)11-13-8-6-5-7-9-13/h5-9,11-12H,4,10H2,1-3H3/b14-11+. The molecule has 0 aliphatic heterocycles. The zero-order valence-electron chi connectivity index (χ0n) is 12.1.